The van der Waals surface area contributed by atoms with Crippen molar-refractivity contribution < 1.29 is 13.2 Å². The van der Waals surface area contributed by atoms with Crippen LogP contribution in [0.5, 0.6) is 0 Å². The predicted molar refractivity (Wildman–Crippen MR) is 99.6 cm³/mol. The number of sulfonamides is 1. The van der Waals surface area contributed by atoms with Crippen LogP contribution in [0.4, 0.5) is 0 Å². The largest absolute Gasteiger partial charge is 0.337 e. The van der Waals surface area contributed by atoms with E-state index < -0.39 is 10.0 Å². The smallest absolute Gasteiger partial charge is 0.253 e. The first-order chi connectivity index (χ1) is 11.6. The van der Waals surface area contributed by atoms with Crippen LogP contribution in [0.25, 0.3) is 0 Å². The van der Waals surface area contributed by atoms with E-state index in [2.05, 4.69) is 0 Å². The Morgan fingerprint density at radius 2 is 1.68 bits per heavy atom. The van der Waals surface area contributed by atoms with Crippen LogP contribution in [-0.4, -0.2) is 44.7 Å². The van der Waals surface area contributed by atoms with Crippen molar-refractivity contribution in [3.8, 4) is 0 Å². The van der Waals surface area contributed by atoms with E-state index in [1.807, 2.05) is 0 Å². The predicted octanol–water partition coefficient (Wildman–Crippen LogP) is 3.52. The summed E-state index contributed by atoms with van der Waals surface area (Å²) in [5.41, 5.74) is 1.12. The first-order valence-corrected chi connectivity index (χ1v) is 9.54. The van der Waals surface area contributed by atoms with Gasteiger partial charge in [0.1, 0.15) is 0 Å². The van der Waals surface area contributed by atoms with Gasteiger partial charge in [-0.15, -0.1) is 0 Å². The Bertz CT molecular complexity index is 899. The highest BCUT2D eigenvalue weighted by Gasteiger charge is 2.20. The van der Waals surface area contributed by atoms with Gasteiger partial charge in [-0.05, 0) is 35.9 Å². The molecule has 0 spiro atoms. The third-order valence-electron chi connectivity index (χ3n) is 3.61. The number of carbonyl (C=O) groups is 1. The molecule has 8 heteroatoms. The van der Waals surface area contributed by atoms with Crippen LogP contribution >= 0.6 is 23.2 Å². The first-order valence-electron chi connectivity index (χ1n) is 7.35. The van der Waals surface area contributed by atoms with Crippen LogP contribution < -0.4 is 0 Å². The summed E-state index contributed by atoms with van der Waals surface area (Å²) in [6, 6.07) is 11.1. The average Bonchev–Trinajstić information content (AvgIpc) is 2.57. The molecular weight excluding hydrogens is 383 g/mol. The summed E-state index contributed by atoms with van der Waals surface area (Å²) in [5, 5.41) is 0.861. The van der Waals surface area contributed by atoms with Gasteiger partial charge < -0.3 is 4.90 Å². The molecule has 0 aliphatic carbocycles. The lowest BCUT2D eigenvalue weighted by Crippen LogP contribution is -2.27. The Morgan fingerprint density at radius 1 is 1.00 bits per heavy atom. The molecule has 0 saturated heterocycles. The van der Waals surface area contributed by atoms with Gasteiger partial charge >= 0.3 is 0 Å². The molecule has 0 aliphatic heterocycles. The van der Waals surface area contributed by atoms with E-state index in [4.69, 9.17) is 23.2 Å². The Hall–Kier alpha value is -1.60. The van der Waals surface area contributed by atoms with Gasteiger partial charge in [0.05, 0.1) is 14.9 Å². The van der Waals surface area contributed by atoms with Gasteiger partial charge in [-0.2, -0.15) is 0 Å². The first kappa shape index (κ1) is 19.7. The summed E-state index contributed by atoms with van der Waals surface area (Å²) in [4.78, 5) is 14.2. The number of nitrogens with zero attached hydrogens (tertiary/aromatic N) is 2. The van der Waals surface area contributed by atoms with E-state index in [1.54, 1.807) is 37.4 Å². The molecule has 2 aromatic rings. The van der Waals surface area contributed by atoms with Crippen LogP contribution in [0.2, 0.25) is 10.0 Å². The van der Waals surface area contributed by atoms with E-state index in [0.717, 1.165) is 9.87 Å². The number of benzene rings is 2. The number of rotatable bonds is 5. The summed E-state index contributed by atoms with van der Waals surface area (Å²) < 4.78 is 25.5. The normalized spacial score (nSPS) is 11.6. The van der Waals surface area contributed by atoms with Gasteiger partial charge in [-0.3, -0.25) is 4.79 Å². The summed E-state index contributed by atoms with van der Waals surface area (Å²) in [5.74, 6) is -0.290. The van der Waals surface area contributed by atoms with Crippen molar-refractivity contribution >= 4 is 39.1 Å². The van der Waals surface area contributed by atoms with Gasteiger partial charge in [-0.1, -0.05) is 35.3 Å². The molecule has 1 amide bonds. The van der Waals surface area contributed by atoms with Crippen molar-refractivity contribution in [3.05, 3.63) is 63.6 Å². The lowest BCUT2D eigenvalue weighted by Gasteiger charge is -2.18. The number of halogens is 2. The Balaban J connectivity index is 2.23. The minimum atomic E-state index is -3.60. The summed E-state index contributed by atoms with van der Waals surface area (Å²) in [7, 11) is 0.929. The fourth-order valence-electron chi connectivity index (χ4n) is 2.20. The molecule has 0 unspecified atom stereocenters. The second-order valence-corrected chi connectivity index (χ2v) is 8.69. The van der Waals surface area contributed by atoms with Gasteiger partial charge in [0.2, 0.25) is 10.0 Å². The van der Waals surface area contributed by atoms with Crippen molar-refractivity contribution in [1.82, 2.24) is 9.21 Å². The highest BCUT2D eigenvalue weighted by Crippen LogP contribution is 2.23. The fourth-order valence-corrected chi connectivity index (χ4v) is 3.47. The number of hydrogen-bond acceptors (Lipinski definition) is 3. The molecule has 5 nitrogen and oxygen atoms in total. The molecule has 0 saturated carbocycles. The molecule has 0 fully saturated rings. The number of hydrogen-bond donors (Lipinski definition) is 0. The maximum absolute atomic E-state index is 12.6. The van der Waals surface area contributed by atoms with Crippen LogP contribution in [0, 0.1) is 0 Å². The molecule has 0 N–H and O–H groups in total. The Morgan fingerprint density at radius 3 is 2.28 bits per heavy atom. The second kappa shape index (κ2) is 7.74. The van der Waals surface area contributed by atoms with Crippen molar-refractivity contribution in [2.24, 2.45) is 0 Å². The van der Waals surface area contributed by atoms with Gasteiger partial charge in [-0.25, -0.2) is 12.7 Å². The lowest BCUT2D eigenvalue weighted by molar-refractivity contribution is 0.0785. The summed E-state index contributed by atoms with van der Waals surface area (Å²) >= 11 is 11.9. The van der Waals surface area contributed by atoms with Gasteiger partial charge in [0, 0.05) is 33.3 Å². The highest BCUT2D eigenvalue weighted by molar-refractivity contribution is 7.89. The Kier molecular flexibility index (Phi) is 6.11. The van der Waals surface area contributed by atoms with Crippen molar-refractivity contribution in [1.29, 1.82) is 0 Å². The standard InChI is InChI=1S/C17H18Cl2N2O3S/c1-20(2)25(23,24)14-6-4-5-13(10-14)17(22)21(3)11-12-7-8-15(18)16(19)9-12/h4-10H,11H2,1-3H3. The van der Waals surface area contributed by atoms with E-state index >= 15 is 0 Å². The fraction of sp³-hybridized carbons (Fsp3) is 0.235. The molecule has 2 rings (SSSR count). The van der Waals surface area contributed by atoms with Crippen molar-refractivity contribution in [3.63, 3.8) is 0 Å². The van der Waals surface area contributed by atoms with Gasteiger partial charge in [0.25, 0.3) is 5.91 Å². The molecular formula is C17H18Cl2N2O3S. The van der Waals surface area contributed by atoms with E-state index in [-0.39, 0.29) is 10.8 Å². The quantitative estimate of drug-likeness (QED) is 0.771. The molecule has 0 aromatic heterocycles. The molecule has 134 valence electrons. The van der Waals surface area contributed by atoms with E-state index in [1.165, 1.54) is 31.1 Å². The van der Waals surface area contributed by atoms with Crippen LogP contribution in [0.1, 0.15) is 15.9 Å². The van der Waals surface area contributed by atoms with Crippen molar-refractivity contribution in [2.45, 2.75) is 11.4 Å². The Labute approximate surface area is 157 Å². The zero-order valence-corrected chi connectivity index (χ0v) is 16.4. The second-order valence-electron chi connectivity index (χ2n) is 5.72. The summed E-state index contributed by atoms with van der Waals surface area (Å²) in [6.07, 6.45) is 0. The number of amides is 1. The molecule has 0 atom stereocenters. The maximum atomic E-state index is 12.6. The minimum absolute atomic E-state index is 0.0753. The molecule has 25 heavy (non-hydrogen) atoms. The minimum Gasteiger partial charge on any atom is -0.337 e. The topological polar surface area (TPSA) is 57.7 Å². The molecule has 0 bridgehead atoms. The highest BCUT2D eigenvalue weighted by atomic mass is 35.5. The van der Waals surface area contributed by atoms with Crippen LogP contribution in [-0.2, 0) is 16.6 Å². The molecule has 0 aliphatic rings. The van der Waals surface area contributed by atoms with Gasteiger partial charge in [0.15, 0.2) is 0 Å². The summed E-state index contributed by atoms with van der Waals surface area (Å²) in [6.45, 7) is 0.320. The SMILES string of the molecule is CN(Cc1ccc(Cl)c(Cl)c1)C(=O)c1cccc(S(=O)(=O)N(C)C)c1. The van der Waals surface area contributed by atoms with Crippen LogP contribution in [0.3, 0.4) is 0 Å². The molecule has 2 aromatic carbocycles. The van der Waals surface area contributed by atoms with E-state index in [9.17, 15) is 13.2 Å². The van der Waals surface area contributed by atoms with E-state index in [0.29, 0.717) is 22.2 Å². The maximum Gasteiger partial charge on any atom is 0.253 e. The van der Waals surface area contributed by atoms with Crippen LogP contribution in [0.15, 0.2) is 47.4 Å². The molecule has 0 radical (unpaired) electrons. The third kappa shape index (κ3) is 4.52. The van der Waals surface area contributed by atoms with Crippen molar-refractivity contribution in [2.75, 3.05) is 21.1 Å². The monoisotopic (exact) mass is 400 g/mol. The zero-order valence-electron chi connectivity index (χ0n) is 14.0. The number of carbonyl (C=O) groups excluding carboxylic acids is 1. The average molecular weight is 401 g/mol. The molecule has 0 heterocycles. The third-order valence-corrected chi connectivity index (χ3v) is 6.16. The lowest BCUT2D eigenvalue weighted by atomic mass is 10.1. The zero-order chi connectivity index (χ0) is 18.8.